The molecule has 2 N–H and O–H groups in total. The van der Waals surface area contributed by atoms with Crippen molar-refractivity contribution in [2.45, 2.75) is 12.8 Å². The number of anilines is 1. The van der Waals surface area contributed by atoms with Gasteiger partial charge in [0.05, 0.1) is 18.7 Å². The number of methoxy groups -OCH3 is 1. The Kier molecular flexibility index (Phi) is 6.42. The zero-order chi connectivity index (χ0) is 13.0. The third-order valence-electron chi connectivity index (χ3n) is 2.85. The van der Waals surface area contributed by atoms with Gasteiger partial charge in [-0.1, -0.05) is 11.6 Å². The quantitative estimate of drug-likeness (QED) is 0.849. The molecule has 1 amide bonds. The molecule has 6 heteroatoms. The van der Waals surface area contributed by atoms with Gasteiger partial charge >= 0.3 is 0 Å². The van der Waals surface area contributed by atoms with Crippen molar-refractivity contribution in [1.29, 1.82) is 0 Å². The van der Waals surface area contributed by atoms with Crippen molar-refractivity contribution >= 4 is 35.6 Å². The molecular formula is C13H18Cl2N2O2. The van der Waals surface area contributed by atoms with E-state index in [-0.39, 0.29) is 18.3 Å². The summed E-state index contributed by atoms with van der Waals surface area (Å²) in [5, 5.41) is 6.47. The molecule has 1 aliphatic rings. The van der Waals surface area contributed by atoms with Crippen molar-refractivity contribution in [3.8, 4) is 5.75 Å². The largest absolute Gasteiger partial charge is 0.495 e. The van der Waals surface area contributed by atoms with Crippen LogP contribution in [-0.4, -0.2) is 26.1 Å². The number of halogens is 2. The van der Waals surface area contributed by atoms with E-state index in [0.29, 0.717) is 23.0 Å². The summed E-state index contributed by atoms with van der Waals surface area (Å²) in [6, 6.07) is 5.17. The molecule has 1 fully saturated rings. The van der Waals surface area contributed by atoms with Crippen molar-refractivity contribution in [3.63, 3.8) is 0 Å². The van der Waals surface area contributed by atoms with Crippen LogP contribution in [0.3, 0.4) is 0 Å². The summed E-state index contributed by atoms with van der Waals surface area (Å²) in [6.07, 6.45) is 2.56. The number of rotatable bonds is 6. The number of carbonyl (C=O) groups is 1. The molecule has 0 bridgehead atoms. The van der Waals surface area contributed by atoms with Gasteiger partial charge in [-0.15, -0.1) is 12.4 Å². The summed E-state index contributed by atoms with van der Waals surface area (Å²) in [5.74, 6) is 1.27. The summed E-state index contributed by atoms with van der Waals surface area (Å²) in [6.45, 7) is 1.26. The molecule has 1 saturated carbocycles. The zero-order valence-corrected chi connectivity index (χ0v) is 12.3. The Balaban J connectivity index is 0.00000180. The third kappa shape index (κ3) is 5.27. The number of carbonyl (C=O) groups excluding carboxylic acids is 1. The summed E-state index contributed by atoms with van der Waals surface area (Å²) < 4.78 is 5.09. The molecule has 0 saturated heterocycles. The van der Waals surface area contributed by atoms with Crippen molar-refractivity contribution in [2.75, 3.05) is 25.5 Å². The molecule has 1 aliphatic carbocycles. The van der Waals surface area contributed by atoms with Crippen LogP contribution in [0.25, 0.3) is 0 Å². The molecule has 0 radical (unpaired) electrons. The Bertz CT molecular complexity index is 437. The average Bonchev–Trinajstić information content (AvgIpc) is 3.15. The van der Waals surface area contributed by atoms with E-state index in [1.165, 1.54) is 12.8 Å². The molecule has 0 unspecified atom stereocenters. The van der Waals surface area contributed by atoms with Crippen LogP contribution in [0.2, 0.25) is 5.02 Å². The molecule has 0 atom stereocenters. The maximum absolute atomic E-state index is 11.7. The minimum absolute atomic E-state index is 0. The third-order valence-corrected chi connectivity index (χ3v) is 3.16. The number of hydrogen-bond acceptors (Lipinski definition) is 3. The molecule has 0 aliphatic heterocycles. The lowest BCUT2D eigenvalue weighted by molar-refractivity contribution is -0.115. The second-order valence-corrected chi connectivity index (χ2v) is 4.88. The lowest BCUT2D eigenvalue weighted by Gasteiger charge is -2.09. The van der Waals surface area contributed by atoms with E-state index in [0.717, 1.165) is 12.5 Å². The number of hydrogen-bond donors (Lipinski definition) is 2. The average molecular weight is 305 g/mol. The molecule has 2 rings (SSSR count). The van der Waals surface area contributed by atoms with Crippen LogP contribution in [-0.2, 0) is 4.79 Å². The van der Waals surface area contributed by atoms with Gasteiger partial charge in [0.2, 0.25) is 5.91 Å². The molecule has 1 aromatic carbocycles. The molecular weight excluding hydrogens is 287 g/mol. The van der Waals surface area contributed by atoms with Gasteiger partial charge in [-0.3, -0.25) is 4.79 Å². The Morgan fingerprint density at radius 3 is 2.84 bits per heavy atom. The number of amides is 1. The highest BCUT2D eigenvalue weighted by Crippen LogP contribution is 2.28. The van der Waals surface area contributed by atoms with Crippen LogP contribution in [0, 0.1) is 5.92 Å². The van der Waals surface area contributed by atoms with Gasteiger partial charge in [-0.2, -0.15) is 0 Å². The smallest absolute Gasteiger partial charge is 0.238 e. The van der Waals surface area contributed by atoms with Gasteiger partial charge < -0.3 is 15.4 Å². The van der Waals surface area contributed by atoms with Crippen LogP contribution in [0.15, 0.2) is 18.2 Å². The van der Waals surface area contributed by atoms with Gasteiger partial charge in [0.15, 0.2) is 0 Å². The van der Waals surface area contributed by atoms with Gasteiger partial charge in [0, 0.05) is 11.8 Å². The fourth-order valence-electron chi connectivity index (χ4n) is 1.65. The van der Waals surface area contributed by atoms with Gasteiger partial charge in [-0.05, 0) is 37.4 Å². The fraction of sp³-hybridized carbons (Fsp3) is 0.462. The second kappa shape index (κ2) is 7.58. The molecule has 0 heterocycles. The predicted octanol–water partition coefficient (Wildman–Crippen LogP) is 2.71. The maximum atomic E-state index is 11.7. The van der Waals surface area contributed by atoms with E-state index in [9.17, 15) is 4.79 Å². The van der Waals surface area contributed by atoms with E-state index >= 15 is 0 Å². The maximum Gasteiger partial charge on any atom is 0.238 e. The summed E-state index contributed by atoms with van der Waals surface area (Å²) in [7, 11) is 1.55. The van der Waals surface area contributed by atoms with E-state index in [4.69, 9.17) is 16.3 Å². The zero-order valence-electron chi connectivity index (χ0n) is 10.7. The van der Waals surface area contributed by atoms with Crippen molar-refractivity contribution in [3.05, 3.63) is 23.2 Å². The monoisotopic (exact) mass is 304 g/mol. The SMILES string of the molecule is COc1cc(NC(=O)CNCC2CC2)ccc1Cl.Cl. The Morgan fingerprint density at radius 2 is 2.21 bits per heavy atom. The summed E-state index contributed by atoms with van der Waals surface area (Å²) in [4.78, 5) is 11.7. The Hall–Kier alpha value is -0.970. The molecule has 0 spiro atoms. The second-order valence-electron chi connectivity index (χ2n) is 4.47. The highest BCUT2D eigenvalue weighted by atomic mass is 35.5. The van der Waals surface area contributed by atoms with Gasteiger partial charge in [0.1, 0.15) is 5.75 Å². The van der Waals surface area contributed by atoms with Crippen LogP contribution in [0.4, 0.5) is 5.69 Å². The topological polar surface area (TPSA) is 50.4 Å². The Morgan fingerprint density at radius 1 is 1.47 bits per heavy atom. The van der Waals surface area contributed by atoms with E-state index < -0.39 is 0 Å². The van der Waals surface area contributed by atoms with Crippen LogP contribution in [0.5, 0.6) is 5.75 Å². The van der Waals surface area contributed by atoms with Crippen LogP contribution < -0.4 is 15.4 Å². The van der Waals surface area contributed by atoms with E-state index in [1.54, 1.807) is 25.3 Å². The van der Waals surface area contributed by atoms with Crippen molar-refractivity contribution in [2.24, 2.45) is 5.92 Å². The molecule has 0 aromatic heterocycles. The first kappa shape index (κ1) is 16.1. The molecule has 4 nitrogen and oxygen atoms in total. The summed E-state index contributed by atoms with van der Waals surface area (Å²) in [5.41, 5.74) is 0.689. The first-order chi connectivity index (χ1) is 8.69. The van der Waals surface area contributed by atoms with E-state index in [2.05, 4.69) is 10.6 Å². The highest BCUT2D eigenvalue weighted by molar-refractivity contribution is 6.32. The number of benzene rings is 1. The van der Waals surface area contributed by atoms with E-state index in [1.807, 2.05) is 0 Å². The summed E-state index contributed by atoms with van der Waals surface area (Å²) >= 11 is 5.91. The van der Waals surface area contributed by atoms with Crippen molar-refractivity contribution < 1.29 is 9.53 Å². The molecule has 19 heavy (non-hydrogen) atoms. The van der Waals surface area contributed by atoms with Gasteiger partial charge in [-0.25, -0.2) is 0 Å². The van der Waals surface area contributed by atoms with Gasteiger partial charge in [0.25, 0.3) is 0 Å². The minimum Gasteiger partial charge on any atom is -0.495 e. The predicted molar refractivity (Wildman–Crippen MR) is 79.5 cm³/mol. The minimum atomic E-state index is -0.0555. The van der Waals surface area contributed by atoms with Crippen molar-refractivity contribution in [1.82, 2.24) is 5.32 Å². The van der Waals surface area contributed by atoms with Crippen LogP contribution in [0.1, 0.15) is 12.8 Å². The van der Waals surface area contributed by atoms with Crippen LogP contribution >= 0.6 is 24.0 Å². The number of ether oxygens (including phenoxy) is 1. The number of nitrogens with one attached hydrogen (secondary N) is 2. The first-order valence-electron chi connectivity index (χ1n) is 6.03. The lowest BCUT2D eigenvalue weighted by atomic mass is 10.3. The molecule has 1 aromatic rings. The lowest BCUT2D eigenvalue weighted by Crippen LogP contribution is -2.29. The first-order valence-corrected chi connectivity index (χ1v) is 6.41. The fourth-order valence-corrected chi connectivity index (χ4v) is 1.85. The molecule has 106 valence electrons. The highest BCUT2D eigenvalue weighted by Gasteiger charge is 2.20. The Labute approximate surface area is 124 Å². The normalized spacial score (nSPS) is 13.6. The standard InChI is InChI=1S/C13H17ClN2O2.ClH/c1-18-12-6-10(4-5-11(12)14)16-13(17)8-15-7-9-2-3-9;/h4-6,9,15H,2-3,7-8H2,1H3,(H,16,17);1H.